The molecule has 3 aromatic rings. The van der Waals surface area contributed by atoms with Crippen LogP contribution in [0.25, 0.3) is 5.52 Å². The number of nitrogens with one attached hydrogen (secondary N) is 1. The van der Waals surface area contributed by atoms with Crippen LogP contribution < -0.4 is 11.1 Å². The second-order valence-corrected chi connectivity index (χ2v) is 10.2. The third-order valence-electron chi connectivity index (χ3n) is 7.70. The summed E-state index contributed by atoms with van der Waals surface area (Å²) >= 11 is 0. The molecule has 0 bridgehead atoms. The molecule has 0 radical (unpaired) electrons. The van der Waals surface area contributed by atoms with E-state index in [4.69, 9.17) is 5.73 Å². The standard InChI is InChI=1S/C27H30F3N5O2/c28-27(29,30)19-8-6-18(7-9-19)26(11-2-1-3-12-26)17-32-24(36)21-5-4-13-35-23(21)15-22(33-35)25(37)34-14-10-20(31)16-34/h4-9,13,15,20H,1-3,10-12,14,16-17,31H2,(H,32,36)/t20-/m1/s1. The molecule has 2 amide bonds. The van der Waals surface area contributed by atoms with E-state index < -0.39 is 17.2 Å². The molecule has 196 valence electrons. The predicted molar refractivity (Wildman–Crippen MR) is 132 cm³/mol. The number of amides is 2. The number of pyridine rings is 1. The molecule has 5 rings (SSSR count). The number of hydrogen-bond donors (Lipinski definition) is 2. The number of likely N-dealkylation sites (tertiary alicyclic amines) is 1. The molecule has 37 heavy (non-hydrogen) atoms. The summed E-state index contributed by atoms with van der Waals surface area (Å²) in [5, 5.41) is 7.41. The average molecular weight is 514 g/mol. The highest BCUT2D eigenvalue weighted by Gasteiger charge is 2.36. The Labute approximate surface area is 212 Å². The molecule has 0 unspecified atom stereocenters. The topological polar surface area (TPSA) is 92.7 Å². The Hall–Kier alpha value is -3.40. The van der Waals surface area contributed by atoms with Gasteiger partial charge in [0.15, 0.2) is 5.69 Å². The number of fused-ring (bicyclic) bond motifs is 1. The van der Waals surface area contributed by atoms with E-state index >= 15 is 0 Å². The van der Waals surface area contributed by atoms with Gasteiger partial charge in [0.2, 0.25) is 0 Å². The van der Waals surface area contributed by atoms with Gasteiger partial charge < -0.3 is 16.0 Å². The van der Waals surface area contributed by atoms with Crippen molar-refractivity contribution in [3.05, 3.63) is 71.0 Å². The zero-order chi connectivity index (χ0) is 26.2. The van der Waals surface area contributed by atoms with Gasteiger partial charge in [0.05, 0.1) is 16.6 Å². The van der Waals surface area contributed by atoms with Crippen molar-refractivity contribution < 1.29 is 22.8 Å². The minimum absolute atomic E-state index is 0.0425. The Kier molecular flexibility index (Phi) is 6.70. The van der Waals surface area contributed by atoms with Gasteiger partial charge in [-0.15, -0.1) is 0 Å². The summed E-state index contributed by atoms with van der Waals surface area (Å²) in [5.41, 5.74) is 6.77. The van der Waals surface area contributed by atoms with E-state index in [9.17, 15) is 22.8 Å². The fraction of sp³-hybridized carbons (Fsp3) is 0.444. The molecule has 7 nitrogen and oxygen atoms in total. The first kappa shape index (κ1) is 25.3. The van der Waals surface area contributed by atoms with E-state index in [0.717, 1.165) is 56.2 Å². The van der Waals surface area contributed by atoms with Crippen LogP contribution in [0.5, 0.6) is 0 Å². The third kappa shape index (κ3) is 5.07. The number of benzene rings is 1. The van der Waals surface area contributed by atoms with Crippen molar-refractivity contribution in [1.82, 2.24) is 19.8 Å². The highest BCUT2D eigenvalue weighted by molar-refractivity contribution is 6.02. The largest absolute Gasteiger partial charge is 0.416 e. The lowest BCUT2D eigenvalue weighted by atomic mass is 9.69. The minimum Gasteiger partial charge on any atom is -0.351 e. The van der Waals surface area contributed by atoms with Gasteiger partial charge in [-0.1, -0.05) is 31.4 Å². The number of carbonyl (C=O) groups is 2. The summed E-state index contributed by atoms with van der Waals surface area (Å²) in [7, 11) is 0. The van der Waals surface area contributed by atoms with Crippen molar-refractivity contribution in [1.29, 1.82) is 0 Å². The number of carbonyl (C=O) groups excluding carboxylic acids is 2. The molecule has 3 heterocycles. The molecule has 1 aliphatic carbocycles. The average Bonchev–Trinajstić information content (AvgIpc) is 3.53. The summed E-state index contributed by atoms with van der Waals surface area (Å²) < 4.78 is 40.8. The molecule has 10 heteroatoms. The lowest BCUT2D eigenvalue weighted by Gasteiger charge is -2.38. The molecule has 1 saturated carbocycles. The molecule has 1 saturated heterocycles. The maximum absolute atomic E-state index is 13.3. The van der Waals surface area contributed by atoms with Crippen molar-refractivity contribution in [2.24, 2.45) is 5.73 Å². The summed E-state index contributed by atoms with van der Waals surface area (Å²) in [4.78, 5) is 27.9. The molecule has 2 aliphatic rings. The molecule has 1 atom stereocenters. The summed E-state index contributed by atoms with van der Waals surface area (Å²) in [6, 6.07) is 10.3. The SMILES string of the molecule is N[C@@H]1CCN(C(=O)c2cc3c(C(=O)NCC4(c5ccc(C(F)(F)F)cc5)CCCCC4)cccn3n2)C1. The monoisotopic (exact) mass is 513 g/mol. The summed E-state index contributed by atoms with van der Waals surface area (Å²) in [6.07, 6.45) is 2.55. The number of halogens is 3. The van der Waals surface area contributed by atoms with Crippen LogP contribution >= 0.6 is 0 Å². The van der Waals surface area contributed by atoms with Crippen molar-refractivity contribution >= 4 is 17.3 Å². The van der Waals surface area contributed by atoms with E-state index in [0.29, 0.717) is 30.7 Å². The molecule has 0 spiro atoms. The molecule has 1 aliphatic heterocycles. The van der Waals surface area contributed by atoms with Crippen LogP contribution in [0, 0.1) is 0 Å². The predicted octanol–water partition coefficient (Wildman–Crippen LogP) is 4.16. The number of alkyl halides is 3. The highest BCUT2D eigenvalue weighted by atomic mass is 19.4. The lowest BCUT2D eigenvalue weighted by molar-refractivity contribution is -0.137. The number of nitrogens with zero attached hydrogens (tertiary/aromatic N) is 3. The number of nitrogens with two attached hydrogens (primary N) is 1. The van der Waals surface area contributed by atoms with Crippen LogP contribution in [0.2, 0.25) is 0 Å². The number of aromatic nitrogens is 2. The van der Waals surface area contributed by atoms with Crippen LogP contribution in [0.1, 0.15) is 70.5 Å². The van der Waals surface area contributed by atoms with Crippen molar-refractivity contribution in [3.8, 4) is 0 Å². The van der Waals surface area contributed by atoms with E-state index in [1.54, 1.807) is 41.4 Å². The molecule has 2 aromatic heterocycles. The maximum Gasteiger partial charge on any atom is 0.416 e. The van der Waals surface area contributed by atoms with Crippen molar-refractivity contribution in [3.63, 3.8) is 0 Å². The zero-order valence-corrected chi connectivity index (χ0v) is 20.4. The van der Waals surface area contributed by atoms with Gasteiger partial charge in [0, 0.05) is 37.3 Å². The zero-order valence-electron chi connectivity index (χ0n) is 20.4. The van der Waals surface area contributed by atoms with E-state index in [1.165, 1.54) is 4.52 Å². The van der Waals surface area contributed by atoms with Gasteiger partial charge in [-0.25, -0.2) is 4.52 Å². The van der Waals surface area contributed by atoms with E-state index in [2.05, 4.69) is 10.4 Å². The van der Waals surface area contributed by atoms with Crippen molar-refractivity contribution in [2.45, 2.75) is 56.2 Å². The summed E-state index contributed by atoms with van der Waals surface area (Å²) in [6.45, 7) is 1.36. The first-order valence-corrected chi connectivity index (χ1v) is 12.7. The van der Waals surface area contributed by atoms with Gasteiger partial charge in [0.1, 0.15) is 0 Å². The highest BCUT2D eigenvalue weighted by Crippen LogP contribution is 2.40. The van der Waals surface area contributed by atoms with E-state index in [-0.39, 0.29) is 23.6 Å². The smallest absolute Gasteiger partial charge is 0.351 e. The van der Waals surface area contributed by atoms with Crippen LogP contribution in [-0.4, -0.2) is 52.0 Å². The Morgan fingerprint density at radius 2 is 1.84 bits per heavy atom. The third-order valence-corrected chi connectivity index (χ3v) is 7.70. The van der Waals surface area contributed by atoms with Crippen LogP contribution in [0.4, 0.5) is 13.2 Å². The molecular weight excluding hydrogens is 483 g/mol. The van der Waals surface area contributed by atoms with Crippen molar-refractivity contribution in [2.75, 3.05) is 19.6 Å². The van der Waals surface area contributed by atoms with Gasteiger partial charge in [-0.05, 0) is 55.2 Å². The molecule has 2 fully saturated rings. The Morgan fingerprint density at radius 1 is 1.11 bits per heavy atom. The molecular formula is C27H30F3N5O2. The normalized spacial score (nSPS) is 19.8. The second kappa shape index (κ2) is 9.81. The van der Waals surface area contributed by atoms with Crippen LogP contribution in [0.15, 0.2) is 48.7 Å². The Bertz CT molecular complexity index is 1300. The number of rotatable bonds is 5. The Morgan fingerprint density at radius 3 is 2.49 bits per heavy atom. The quantitative estimate of drug-likeness (QED) is 0.536. The maximum atomic E-state index is 13.3. The first-order chi connectivity index (χ1) is 17.7. The fourth-order valence-electron chi connectivity index (χ4n) is 5.60. The van der Waals surface area contributed by atoms with Gasteiger partial charge >= 0.3 is 6.18 Å². The Balaban J connectivity index is 1.36. The van der Waals surface area contributed by atoms with Crippen LogP contribution in [0.3, 0.4) is 0 Å². The van der Waals surface area contributed by atoms with Gasteiger partial charge in [0.25, 0.3) is 11.8 Å². The fourth-order valence-corrected chi connectivity index (χ4v) is 5.60. The van der Waals surface area contributed by atoms with Gasteiger partial charge in [-0.3, -0.25) is 9.59 Å². The first-order valence-electron chi connectivity index (χ1n) is 12.7. The second-order valence-electron chi connectivity index (χ2n) is 10.2. The lowest BCUT2D eigenvalue weighted by Crippen LogP contribution is -2.42. The van der Waals surface area contributed by atoms with E-state index in [1.807, 2.05) is 0 Å². The van der Waals surface area contributed by atoms with Crippen LogP contribution in [-0.2, 0) is 11.6 Å². The molecule has 1 aromatic carbocycles. The minimum atomic E-state index is -4.39. The van der Waals surface area contributed by atoms with Gasteiger partial charge in [-0.2, -0.15) is 18.3 Å². The molecule has 3 N–H and O–H groups in total. The number of hydrogen-bond acceptors (Lipinski definition) is 4. The summed E-state index contributed by atoms with van der Waals surface area (Å²) in [5.74, 6) is -0.531.